The monoisotopic (exact) mass is 312 g/mol. The molecule has 0 saturated carbocycles. The SMILES string of the molecule is CCc1c(C)cc(C(=O)NC(C)C)c(=O)n1Cc1ccccc1. The number of hydrogen-bond acceptors (Lipinski definition) is 2. The summed E-state index contributed by atoms with van der Waals surface area (Å²) in [6.07, 6.45) is 0.750. The molecule has 23 heavy (non-hydrogen) atoms. The van der Waals surface area contributed by atoms with Crippen LogP contribution in [-0.4, -0.2) is 16.5 Å². The molecule has 1 N–H and O–H groups in total. The Balaban J connectivity index is 2.53. The van der Waals surface area contributed by atoms with Crippen molar-refractivity contribution in [3.05, 3.63) is 69.1 Å². The predicted molar refractivity (Wildman–Crippen MR) is 93.0 cm³/mol. The lowest BCUT2D eigenvalue weighted by atomic mass is 10.1. The largest absolute Gasteiger partial charge is 0.350 e. The van der Waals surface area contributed by atoms with Gasteiger partial charge in [0.05, 0.1) is 6.54 Å². The highest BCUT2D eigenvalue weighted by Gasteiger charge is 2.17. The number of carbonyl (C=O) groups excluding carboxylic acids is 1. The number of amides is 1. The van der Waals surface area contributed by atoms with Crippen LogP contribution in [0.5, 0.6) is 0 Å². The average Bonchev–Trinajstić information content (AvgIpc) is 2.51. The minimum absolute atomic E-state index is 0.00405. The van der Waals surface area contributed by atoms with E-state index in [-0.39, 0.29) is 23.1 Å². The molecule has 4 nitrogen and oxygen atoms in total. The van der Waals surface area contributed by atoms with Crippen LogP contribution in [0.15, 0.2) is 41.2 Å². The number of benzene rings is 1. The molecule has 0 aliphatic heterocycles. The van der Waals surface area contributed by atoms with Gasteiger partial charge in [0, 0.05) is 11.7 Å². The maximum atomic E-state index is 12.8. The van der Waals surface area contributed by atoms with Gasteiger partial charge in [-0.15, -0.1) is 0 Å². The van der Waals surface area contributed by atoms with Crippen molar-refractivity contribution in [2.45, 2.75) is 46.7 Å². The summed E-state index contributed by atoms with van der Waals surface area (Å²) in [6.45, 7) is 8.22. The van der Waals surface area contributed by atoms with E-state index in [1.165, 1.54) is 0 Å². The van der Waals surface area contributed by atoms with Crippen LogP contribution in [0, 0.1) is 6.92 Å². The van der Waals surface area contributed by atoms with Gasteiger partial charge in [0.25, 0.3) is 11.5 Å². The first-order valence-electron chi connectivity index (χ1n) is 8.02. The number of rotatable bonds is 5. The summed E-state index contributed by atoms with van der Waals surface area (Å²) in [7, 11) is 0. The number of carbonyl (C=O) groups is 1. The van der Waals surface area contributed by atoms with Gasteiger partial charge < -0.3 is 9.88 Å². The van der Waals surface area contributed by atoms with E-state index in [9.17, 15) is 9.59 Å². The van der Waals surface area contributed by atoms with Crippen LogP contribution in [-0.2, 0) is 13.0 Å². The molecule has 0 atom stereocenters. The lowest BCUT2D eigenvalue weighted by molar-refractivity contribution is 0.0941. The van der Waals surface area contributed by atoms with Crippen LogP contribution in [0.2, 0.25) is 0 Å². The summed E-state index contributed by atoms with van der Waals surface area (Å²) in [6, 6.07) is 11.5. The first kappa shape index (κ1) is 17.0. The van der Waals surface area contributed by atoms with E-state index >= 15 is 0 Å². The lowest BCUT2D eigenvalue weighted by Crippen LogP contribution is -2.37. The molecule has 0 radical (unpaired) electrons. The lowest BCUT2D eigenvalue weighted by Gasteiger charge is -2.17. The molecule has 0 aliphatic rings. The topological polar surface area (TPSA) is 51.1 Å². The smallest absolute Gasteiger partial charge is 0.263 e. The van der Waals surface area contributed by atoms with Crippen molar-refractivity contribution < 1.29 is 4.79 Å². The second-order valence-corrected chi connectivity index (χ2v) is 6.05. The number of aromatic nitrogens is 1. The van der Waals surface area contributed by atoms with Gasteiger partial charge in [0.15, 0.2) is 0 Å². The second kappa shape index (κ2) is 7.27. The highest BCUT2D eigenvalue weighted by Crippen LogP contribution is 2.12. The molecule has 0 unspecified atom stereocenters. The van der Waals surface area contributed by atoms with Crippen molar-refractivity contribution >= 4 is 5.91 Å². The number of nitrogens with zero attached hydrogens (tertiary/aromatic N) is 1. The van der Waals surface area contributed by atoms with Crippen LogP contribution in [0.3, 0.4) is 0 Å². The van der Waals surface area contributed by atoms with E-state index in [1.54, 1.807) is 10.6 Å². The highest BCUT2D eigenvalue weighted by atomic mass is 16.2. The van der Waals surface area contributed by atoms with Gasteiger partial charge in [-0.05, 0) is 44.4 Å². The molecule has 4 heteroatoms. The Hall–Kier alpha value is -2.36. The number of pyridine rings is 1. The van der Waals surface area contributed by atoms with Crippen LogP contribution >= 0.6 is 0 Å². The van der Waals surface area contributed by atoms with Gasteiger partial charge in [0.1, 0.15) is 5.56 Å². The molecular weight excluding hydrogens is 288 g/mol. The van der Waals surface area contributed by atoms with Crippen molar-refractivity contribution in [1.29, 1.82) is 0 Å². The van der Waals surface area contributed by atoms with Crippen molar-refractivity contribution in [2.75, 3.05) is 0 Å². The fourth-order valence-corrected chi connectivity index (χ4v) is 2.75. The Kier molecular flexibility index (Phi) is 5.37. The number of nitrogens with one attached hydrogen (secondary N) is 1. The third-order valence-electron chi connectivity index (χ3n) is 3.80. The van der Waals surface area contributed by atoms with Crippen molar-refractivity contribution in [3.8, 4) is 0 Å². The highest BCUT2D eigenvalue weighted by molar-refractivity contribution is 5.94. The van der Waals surface area contributed by atoms with E-state index < -0.39 is 0 Å². The standard InChI is InChI=1S/C19H24N2O2/c1-5-17-14(4)11-16(18(22)20-13(2)3)19(23)21(17)12-15-9-7-6-8-10-15/h6-11,13H,5,12H2,1-4H3,(H,20,22). The van der Waals surface area contributed by atoms with Gasteiger partial charge in [-0.3, -0.25) is 9.59 Å². The van der Waals surface area contributed by atoms with Crippen molar-refractivity contribution in [2.24, 2.45) is 0 Å². The fraction of sp³-hybridized carbons (Fsp3) is 0.368. The first-order valence-corrected chi connectivity index (χ1v) is 8.02. The molecule has 1 aromatic heterocycles. The van der Waals surface area contributed by atoms with Gasteiger partial charge in [-0.25, -0.2) is 0 Å². The minimum Gasteiger partial charge on any atom is -0.350 e. The first-order chi connectivity index (χ1) is 10.9. The fourth-order valence-electron chi connectivity index (χ4n) is 2.75. The summed E-state index contributed by atoms with van der Waals surface area (Å²) in [4.78, 5) is 25.1. The van der Waals surface area contributed by atoms with E-state index in [2.05, 4.69) is 5.32 Å². The molecule has 0 aliphatic carbocycles. The average molecular weight is 312 g/mol. The molecule has 2 aromatic rings. The van der Waals surface area contributed by atoms with E-state index in [0.717, 1.165) is 23.2 Å². The maximum Gasteiger partial charge on any atom is 0.263 e. The quantitative estimate of drug-likeness (QED) is 0.923. The Bertz CT molecular complexity index is 746. The molecule has 122 valence electrons. The Morgan fingerprint density at radius 3 is 2.43 bits per heavy atom. The van der Waals surface area contributed by atoms with Crippen LogP contribution in [0.4, 0.5) is 0 Å². The zero-order valence-electron chi connectivity index (χ0n) is 14.2. The van der Waals surface area contributed by atoms with Crippen LogP contribution in [0.1, 0.15) is 48.0 Å². The summed E-state index contributed by atoms with van der Waals surface area (Å²) >= 11 is 0. The van der Waals surface area contributed by atoms with Gasteiger partial charge >= 0.3 is 0 Å². The van der Waals surface area contributed by atoms with Gasteiger partial charge in [-0.1, -0.05) is 37.3 Å². The second-order valence-electron chi connectivity index (χ2n) is 6.05. The van der Waals surface area contributed by atoms with E-state index in [1.807, 2.05) is 58.0 Å². The Morgan fingerprint density at radius 2 is 1.87 bits per heavy atom. The molecule has 2 rings (SSSR count). The van der Waals surface area contributed by atoms with Crippen molar-refractivity contribution in [1.82, 2.24) is 9.88 Å². The van der Waals surface area contributed by atoms with Gasteiger partial charge in [0.2, 0.25) is 0 Å². The van der Waals surface area contributed by atoms with E-state index in [0.29, 0.717) is 6.54 Å². The number of aryl methyl sites for hydroxylation is 1. The molecule has 0 saturated heterocycles. The molecule has 1 aromatic carbocycles. The molecule has 1 heterocycles. The third-order valence-corrected chi connectivity index (χ3v) is 3.80. The number of hydrogen-bond donors (Lipinski definition) is 1. The van der Waals surface area contributed by atoms with Crippen LogP contribution < -0.4 is 10.9 Å². The summed E-state index contributed by atoms with van der Waals surface area (Å²) < 4.78 is 1.72. The summed E-state index contributed by atoms with van der Waals surface area (Å²) in [5.74, 6) is -0.308. The molecule has 0 spiro atoms. The zero-order valence-corrected chi connectivity index (χ0v) is 14.2. The summed E-state index contributed by atoms with van der Waals surface area (Å²) in [5.41, 5.74) is 2.97. The Labute approximate surface area is 137 Å². The predicted octanol–water partition coefficient (Wildman–Crippen LogP) is 2.91. The van der Waals surface area contributed by atoms with Crippen molar-refractivity contribution in [3.63, 3.8) is 0 Å². The Morgan fingerprint density at radius 1 is 1.22 bits per heavy atom. The maximum absolute atomic E-state index is 12.8. The molecule has 1 amide bonds. The molecule has 0 bridgehead atoms. The molecular formula is C19H24N2O2. The van der Waals surface area contributed by atoms with Gasteiger partial charge in [-0.2, -0.15) is 0 Å². The van der Waals surface area contributed by atoms with E-state index in [4.69, 9.17) is 0 Å². The van der Waals surface area contributed by atoms with Crippen LogP contribution in [0.25, 0.3) is 0 Å². The normalized spacial score (nSPS) is 10.8. The minimum atomic E-state index is -0.308. The molecule has 0 fully saturated rings. The third kappa shape index (κ3) is 3.89. The zero-order chi connectivity index (χ0) is 17.0. The summed E-state index contributed by atoms with van der Waals surface area (Å²) in [5, 5.41) is 2.80.